The molecule has 2 N–H and O–H groups in total. The fourth-order valence-corrected chi connectivity index (χ4v) is 3.94. The van der Waals surface area contributed by atoms with Crippen LogP contribution in [0.5, 0.6) is 0 Å². The highest BCUT2D eigenvalue weighted by atomic mass is 19.1. The molecule has 5 nitrogen and oxygen atoms in total. The highest BCUT2D eigenvalue weighted by Crippen LogP contribution is 2.28. The third-order valence-electron chi connectivity index (χ3n) is 5.73. The van der Waals surface area contributed by atoms with Crippen LogP contribution in [0.3, 0.4) is 0 Å². The zero-order chi connectivity index (χ0) is 19.5. The molecule has 0 spiro atoms. The van der Waals surface area contributed by atoms with Gasteiger partial charge in [0.15, 0.2) is 0 Å². The number of halogens is 1. The molecular weight excluding hydrogens is 353 g/mol. The summed E-state index contributed by atoms with van der Waals surface area (Å²) in [6.07, 6.45) is 1.83. The molecule has 0 unspecified atom stereocenters. The molecule has 148 valence electrons. The molecule has 1 saturated heterocycles. The average Bonchev–Trinajstić information content (AvgIpc) is 3.20. The van der Waals surface area contributed by atoms with Crippen molar-refractivity contribution in [1.29, 1.82) is 0 Å². The molecule has 0 amide bonds. The number of piperazine rings is 1. The van der Waals surface area contributed by atoms with Crippen molar-refractivity contribution in [3.63, 3.8) is 0 Å². The smallest absolute Gasteiger partial charge is 0.123 e. The van der Waals surface area contributed by atoms with Crippen LogP contribution in [0.15, 0.2) is 42.6 Å². The lowest BCUT2D eigenvalue weighted by atomic mass is 10.0. The Bertz CT molecular complexity index is 930. The largest absolute Gasteiger partial charge is 0.369 e. The molecule has 0 radical (unpaired) electrons. The van der Waals surface area contributed by atoms with E-state index < -0.39 is 0 Å². The second kappa shape index (κ2) is 8.29. The number of hydrogen-bond acceptors (Lipinski definition) is 4. The lowest BCUT2D eigenvalue weighted by Crippen LogP contribution is -2.46. The van der Waals surface area contributed by atoms with Gasteiger partial charge in [-0.1, -0.05) is 19.1 Å². The van der Waals surface area contributed by atoms with Gasteiger partial charge in [0.2, 0.25) is 0 Å². The van der Waals surface area contributed by atoms with E-state index >= 15 is 0 Å². The van der Waals surface area contributed by atoms with E-state index in [4.69, 9.17) is 0 Å². The normalized spacial score (nSPS) is 16.6. The van der Waals surface area contributed by atoms with E-state index in [9.17, 15) is 4.39 Å². The summed E-state index contributed by atoms with van der Waals surface area (Å²) in [5, 5.41) is 11.8. The van der Waals surface area contributed by atoms with E-state index in [1.54, 1.807) is 12.1 Å². The van der Waals surface area contributed by atoms with Crippen molar-refractivity contribution in [2.75, 3.05) is 37.6 Å². The minimum absolute atomic E-state index is 0.0485. The second-order valence-corrected chi connectivity index (χ2v) is 7.52. The van der Waals surface area contributed by atoms with Crippen molar-refractivity contribution < 1.29 is 4.39 Å². The van der Waals surface area contributed by atoms with Crippen LogP contribution in [0, 0.1) is 5.82 Å². The Morgan fingerprint density at radius 3 is 2.75 bits per heavy atom. The Balaban J connectivity index is 1.48. The Morgan fingerprint density at radius 1 is 1.14 bits per heavy atom. The van der Waals surface area contributed by atoms with Crippen LogP contribution < -0.4 is 10.2 Å². The predicted octanol–water partition coefficient (Wildman–Crippen LogP) is 3.69. The topological polar surface area (TPSA) is 47.2 Å². The van der Waals surface area contributed by atoms with Crippen LogP contribution in [-0.2, 0) is 6.54 Å². The SMILES string of the molecule is CCN1CCN(c2ccc(F)cc2[C@H](C)NCc2ccc3cn[nH]c3c2)CC1. The molecule has 1 aliphatic rings. The number of aromatic amines is 1. The second-order valence-electron chi connectivity index (χ2n) is 7.52. The number of fused-ring (bicyclic) bond motifs is 1. The van der Waals surface area contributed by atoms with Gasteiger partial charge in [-0.15, -0.1) is 0 Å². The first kappa shape index (κ1) is 18.9. The average molecular weight is 381 g/mol. The Labute approximate surface area is 165 Å². The lowest BCUT2D eigenvalue weighted by molar-refractivity contribution is 0.271. The van der Waals surface area contributed by atoms with Gasteiger partial charge in [-0.3, -0.25) is 5.10 Å². The zero-order valence-corrected chi connectivity index (χ0v) is 16.6. The van der Waals surface area contributed by atoms with Gasteiger partial charge in [0, 0.05) is 49.8 Å². The van der Waals surface area contributed by atoms with Crippen molar-refractivity contribution in [3.05, 3.63) is 59.5 Å². The first-order valence-electron chi connectivity index (χ1n) is 10.1. The van der Waals surface area contributed by atoms with Crippen LogP contribution in [0.4, 0.5) is 10.1 Å². The van der Waals surface area contributed by atoms with E-state index in [1.165, 1.54) is 5.56 Å². The van der Waals surface area contributed by atoms with Crippen molar-refractivity contribution >= 4 is 16.6 Å². The first-order chi connectivity index (χ1) is 13.6. The summed E-state index contributed by atoms with van der Waals surface area (Å²) >= 11 is 0. The van der Waals surface area contributed by atoms with Gasteiger partial charge < -0.3 is 15.1 Å². The lowest BCUT2D eigenvalue weighted by Gasteiger charge is -2.37. The van der Waals surface area contributed by atoms with E-state index in [-0.39, 0.29) is 11.9 Å². The van der Waals surface area contributed by atoms with Gasteiger partial charge in [-0.05, 0) is 48.9 Å². The Hall–Kier alpha value is -2.44. The summed E-state index contributed by atoms with van der Waals surface area (Å²) in [4.78, 5) is 4.84. The van der Waals surface area contributed by atoms with Gasteiger partial charge in [0.05, 0.1) is 11.7 Å². The number of nitrogens with zero attached hydrogens (tertiary/aromatic N) is 3. The number of aromatic nitrogens is 2. The zero-order valence-electron chi connectivity index (χ0n) is 16.6. The number of hydrogen-bond donors (Lipinski definition) is 2. The molecule has 28 heavy (non-hydrogen) atoms. The van der Waals surface area contributed by atoms with Crippen LogP contribution in [0.2, 0.25) is 0 Å². The van der Waals surface area contributed by atoms with Crippen molar-refractivity contribution in [3.8, 4) is 0 Å². The molecule has 0 saturated carbocycles. The van der Waals surface area contributed by atoms with E-state index in [2.05, 4.69) is 57.4 Å². The number of H-pyrrole nitrogens is 1. The van der Waals surface area contributed by atoms with Crippen LogP contribution in [-0.4, -0.2) is 47.8 Å². The van der Waals surface area contributed by atoms with Crippen LogP contribution in [0.1, 0.15) is 31.0 Å². The fraction of sp³-hybridized carbons (Fsp3) is 0.409. The molecule has 0 bridgehead atoms. The molecule has 3 aromatic rings. The number of benzene rings is 2. The molecule has 1 fully saturated rings. The third-order valence-corrected chi connectivity index (χ3v) is 5.73. The van der Waals surface area contributed by atoms with Crippen molar-refractivity contribution in [1.82, 2.24) is 20.4 Å². The van der Waals surface area contributed by atoms with Crippen LogP contribution in [0.25, 0.3) is 10.9 Å². The minimum Gasteiger partial charge on any atom is -0.369 e. The summed E-state index contributed by atoms with van der Waals surface area (Å²) in [6.45, 7) is 10.2. The predicted molar refractivity (Wildman–Crippen MR) is 112 cm³/mol. The number of anilines is 1. The van der Waals surface area contributed by atoms with E-state index in [1.807, 2.05) is 12.3 Å². The number of rotatable bonds is 6. The molecule has 1 aliphatic heterocycles. The van der Waals surface area contributed by atoms with Crippen molar-refractivity contribution in [2.24, 2.45) is 0 Å². The molecule has 4 rings (SSSR count). The van der Waals surface area contributed by atoms with E-state index in [0.29, 0.717) is 0 Å². The molecule has 0 aliphatic carbocycles. The fourth-order valence-electron chi connectivity index (χ4n) is 3.94. The van der Waals surface area contributed by atoms with Gasteiger partial charge in [-0.25, -0.2) is 4.39 Å². The summed E-state index contributed by atoms with van der Waals surface area (Å²) in [6, 6.07) is 11.5. The van der Waals surface area contributed by atoms with Gasteiger partial charge in [0.25, 0.3) is 0 Å². The van der Waals surface area contributed by atoms with Crippen LogP contribution >= 0.6 is 0 Å². The molecule has 1 atom stereocenters. The monoisotopic (exact) mass is 381 g/mol. The molecule has 2 heterocycles. The minimum atomic E-state index is -0.182. The Morgan fingerprint density at radius 2 is 1.96 bits per heavy atom. The van der Waals surface area contributed by atoms with Gasteiger partial charge >= 0.3 is 0 Å². The highest BCUT2D eigenvalue weighted by molar-refractivity contribution is 5.78. The number of likely N-dealkylation sites (N-methyl/N-ethyl adjacent to an activating group) is 1. The van der Waals surface area contributed by atoms with Gasteiger partial charge in [0.1, 0.15) is 5.82 Å². The third kappa shape index (κ3) is 4.03. The van der Waals surface area contributed by atoms with Crippen molar-refractivity contribution in [2.45, 2.75) is 26.4 Å². The van der Waals surface area contributed by atoms with E-state index in [0.717, 1.165) is 61.4 Å². The molecular formula is C22H28FN5. The summed E-state index contributed by atoms with van der Waals surface area (Å²) < 4.78 is 14.0. The first-order valence-corrected chi connectivity index (χ1v) is 10.1. The summed E-state index contributed by atoms with van der Waals surface area (Å²) in [5.74, 6) is -0.182. The molecule has 1 aromatic heterocycles. The maximum atomic E-state index is 14.0. The summed E-state index contributed by atoms with van der Waals surface area (Å²) in [5.41, 5.74) is 4.37. The molecule has 2 aromatic carbocycles. The maximum absolute atomic E-state index is 14.0. The molecule has 6 heteroatoms. The summed E-state index contributed by atoms with van der Waals surface area (Å²) in [7, 11) is 0. The van der Waals surface area contributed by atoms with Gasteiger partial charge in [-0.2, -0.15) is 5.10 Å². The Kier molecular flexibility index (Phi) is 5.59. The maximum Gasteiger partial charge on any atom is 0.123 e. The number of nitrogens with one attached hydrogen (secondary N) is 2. The standard InChI is InChI=1S/C22H28FN5/c1-3-27-8-10-28(11-9-27)22-7-6-19(23)13-20(22)16(2)24-14-17-4-5-18-15-25-26-21(18)12-17/h4-7,12-13,15-16,24H,3,8-11,14H2,1-2H3,(H,25,26)/t16-/m0/s1. The quantitative estimate of drug-likeness (QED) is 0.684. The highest BCUT2D eigenvalue weighted by Gasteiger charge is 2.21.